The highest BCUT2D eigenvalue weighted by molar-refractivity contribution is 6.35. The van der Waals surface area contributed by atoms with Crippen LogP contribution in [0.25, 0.3) is 5.57 Å². The molecular formula is C28H27N3O2. The fourth-order valence-electron chi connectivity index (χ4n) is 4.57. The maximum atomic E-state index is 13.6. The predicted molar refractivity (Wildman–Crippen MR) is 130 cm³/mol. The molecule has 0 bridgehead atoms. The number of nitrogens with zero attached hydrogens (tertiary/aromatic N) is 3. The number of rotatable bonds is 5. The molecule has 1 saturated heterocycles. The van der Waals surface area contributed by atoms with Gasteiger partial charge in [-0.05, 0) is 30.2 Å². The van der Waals surface area contributed by atoms with E-state index in [0.29, 0.717) is 24.4 Å². The number of aryl methyl sites for hydroxylation is 1. The molecule has 0 saturated carbocycles. The molecule has 0 radical (unpaired) electrons. The third-order valence-corrected chi connectivity index (χ3v) is 6.38. The van der Waals surface area contributed by atoms with Crippen LogP contribution in [-0.4, -0.2) is 47.8 Å². The molecule has 0 spiro atoms. The molecule has 2 aliphatic rings. The molecule has 5 heteroatoms. The predicted octanol–water partition coefficient (Wildman–Crippen LogP) is 4.10. The molecule has 5 nitrogen and oxygen atoms in total. The van der Waals surface area contributed by atoms with E-state index < -0.39 is 0 Å². The number of para-hydroxylation sites is 1. The van der Waals surface area contributed by atoms with E-state index in [1.165, 1.54) is 10.6 Å². The van der Waals surface area contributed by atoms with Gasteiger partial charge >= 0.3 is 0 Å². The van der Waals surface area contributed by atoms with Crippen LogP contribution in [0.15, 0.2) is 90.6 Å². The Kier molecular flexibility index (Phi) is 5.69. The van der Waals surface area contributed by atoms with E-state index in [0.717, 1.165) is 29.8 Å². The highest BCUT2D eigenvalue weighted by Gasteiger charge is 2.42. The van der Waals surface area contributed by atoms with E-state index in [9.17, 15) is 9.59 Å². The zero-order valence-electron chi connectivity index (χ0n) is 18.8. The Hall–Kier alpha value is -3.86. The summed E-state index contributed by atoms with van der Waals surface area (Å²) in [6.07, 6.45) is 0. The molecular weight excluding hydrogens is 410 g/mol. The Morgan fingerprint density at radius 1 is 0.667 bits per heavy atom. The summed E-state index contributed by atoms with van der Waals surface area (Å²) in [5, 5.41) is 0. The number of carbonyl (C=O) groups excluding carboxylic acids is 2. The molecule has 3 aromatic rings. The fraction of sp³-hybridized carbons (Fsp3) is 0.214. The van der Waals surface area contributed by atoms with Gasteiger partial charge in [-0.15, -0.1) is 0 Å². The van der Waals surface area contributed by atoms with Crippen LogP contribution in [0.2, 0.25) is 0 Å². The van der Waals surface area contributed by atoms with Crippen molar-refractivity contribution in [2.24, 2.45) is 0 Å². The summed E-state index contributed by atoms with van der Waals surface area (Å²) in [7, 11) is 0. The summed E-state index contributed by atoms with van der Waals surface area (Å²) in [6.45, 7) is 5.28. The molecule has 0 aliphatic carbocycles. The molecule has 166 valence electrons. The molecule has 0 atom stereocenters. The standard InChI is InChI=1S/C28H27N3O2/c1-21-12-14-23(15-13-21)25-26(28(33)31(27(25)32)20-22-8-4-2-5-9-22)30-18-16-29(17-19-30)24-10-6-3-7-11-24/h2-15H,16-20H2,1H3. The van der Waals surface area contributed by atoms with Crippen molar-refractivity contribution in [3.8, 4) is 0 Å². The molecule has 0 unspecified atom stereocenters. The first-order valence-electron chi connectivity index (χ1n) is 11.4. The van der Waals surface area contributed by atoms with Gasteiger partial charge in [0.1, 0.15) is 5.70 Å². The van der Waals surface area contributed by atoms with E-state index >= 15 is 0 Å². The quantitative estimate of drug-likeness (QED) is 0.564. The molecule has 2 aliphatic heterocycles. The Balaban J connectivity index is 1.45. The van der Waals surface area contributed by atoms with Crippen LogP contribution in [0.1, 0.15) is 16.7 Å². The Labute approximate surface area is 194 Å². The molecule has 2 heterocycles. The summed E-state index contributed by atoms with van der Waals surface area (Å²) in [6, 6.07) is 27.9. The number of amides is 2. The van der Waals surface area contributed by atoms with Gasteiger partial charge in [0.05, 0.1) is 12.1 Å². The van der Waals surface area contributed by atoms with E-state index in [4.69, 9.17) is 0 Å². The minimum atomic E-state index is -0.215. The topological polar surface area (TPSA) is 43.9 Å². The summed E-state index contributed by atoms with van der Waals surface area (Å²) < 4.78 is 0. The first-order valence-corrected chi connectivity index (χ1v) is 11.4. The second-order valence-electron chi connectivity index (χ2n) is 8.58. The van der Waals surface area contributed by atoms with E-state index in [1.54, 1.807) is 0 Å². The van der Waals surface area contributed by atoms with Gasteiger partial charge in [0.25, 0.3) is 11.8 Å². The van der Waals surface area contributed by atoms with Crippen molar-refractivity contribution in [3.05, 3.63) is 107 Å². The SMILES string of the molecule is Cc1ccc(C2=C(N3CCN(c4ccccc4)CC3)C(=O)N(Cc3ccccc3)C2=O)cc1. The third kappa shape index (κ3) is 4.14. The van der Waals surface area contributed by atoms with Crippen LogP contribution in [0, 0.1) is 6.92 Å². The number of hydrogen-bond acceptors (Lipinski definition) is 4. The highest BCUT2D eigenvalue weighted by atomic mass is 16.2. The average molecular weight is 438 g/mol. The van der Waals surface area contributed by atoms with Crippen molar-refractivity contribution in [1.29, 1.82) is 0 Å². The lowest BCUT2D eigenvalue weighted by atomic mass is 10.0. The largest absolute Gasteiger partial charge is 0.368 e. The summed E-state index contributed by atoms with van der Waals surface area (Å²) in [5.74, 6) is -0.416. The van der Waals surface area contributed by atoms with Crippen molar-refractivity contribution in [1.82, 2.24) is 9.80 Å². The Morgan fingerprint density at radius 2 is 1.24 bits per heavy atom. The van der Waals surface area contributed by atoms with E-state index in [2.05, 4.69) is 21.9 Å². The highest BCUT2D eigenvalue weighted by Crippen LogP contribution is 2.33. The lowest BCUT2D eigenvalue weighted by Crippen LogP contribution is -2.47. The van der Waals surface area contributed by atoms with Gasteiger partial charge in [0, 0.05) is 31.9 Å². The van der Waals surface area contributed by atoms with Gasteiger partial charge in [-0.1, -0.05) is 78.4 Å². The van der Waals surface area contributed by atoms with Crippen molar-refractivity contribution in [2.75, 3.05) is 31.1 Å². The van der Waals surface area contributed by atoms with Crippen molar-refractivity contribution >= 4 is 23.1 Å². The first kappa shape index (κ1) is 21.0. The normalized spacial score (nSPS) is 16.7. The van der Waals surface area contributed by atoms with E-state index in [1.807, 2.05) is 79.7 Å². The van der Waals surface area contributed by atoms with Gasteiger partial charge in [-0.3, -0.25) is 14.5 Å². The molecule has 3 aromatic carbocycles. The first-order chi connectivity index (χ1) is 16.1. The van der Waals surface area contributed by atoms with E-state index in [-0.39, 0.29) is 18.4 Å². The van der Waals surface area contributed by atoms with Gasteiger partial charge in [-0.2, -0.15) is 0 Å². The van der Waals surface area contributed by atoms with Crippen molar-refractivity contribution < 1.29 is 9.59 Å². The van der Waals surface area contributed by atoms with Gasteiger partial charge in [0.15, 0.2) is 0 Å². The summed E-state index contributed by atoms with van der Waals surface area (Å²) >= 11 is 0. The maximum absolute atomic E-state index is 13.6. The lowest BCUT2D eigenvalue weighted by molar-refractivity contribution is -0.138. The lowest BCUT2D eigenvalue weighted by Gasteiger charge is -2.37. The third-order valence-electron chi connectivity index (χ3n) is 6.38. The second kappa shape index (κ2) is 8.94. The smallest absolute Gasteiger partial charge is 0.278 e. The minimum absolute atomic E-state index is 0.201. The number of benzene rings is 3. The van der Waals surface area contributed by atoms with Crippen LogP contribution in [0.3, 0.4) is 0 Å². The van der Waals surface area contributed by atoms with Gasteiger partial charge < -0.3 is 9.80 Å². The number of anilines is 1. The average Bonchev–Trinajstić information content (AvgIpc) is 3.11. The maximum Gasteiger partial charge on any atom is 0.278 e. The zero-order chi connectivity index (χ0) is 22.8. The van der Waals surface area contributed by atoms with Crippen LogP contribution >= 0.6 is 0 Å². The number of imide groups is 1. The van der Waals surface area contributed by atoms with Gasteiger partial charge in [0.2, 0.25) is 0 Å². The zero-order valence-corrected chi connectivity index (χ0v) is 18.8. The number of hydrogen-bond donors (Lipinski definition) is 0. The Bertz CT molecular complexity index is 1180. The fourth-order valence-corrected chi connectivity index (χ4v) is 4.57. The number of piperazine rings is 1. The van der Waals surface area contributed by atoms with Crippen LogP contribution in [0.4, 0.5) is 5.69 Å². The molecule has 1 fully saturated rings. The minimum Gasteiger partial charge on any atom is -0.368 e. The van der Waals surface area contributed by atoms with Crippen molar-refractivity contribution in [2.45, 2.75) is 13.5 Å². The monoisotopic (exact) mass is 437 g/mol. The van der Waals surface area contributed by atoms with Crippen LogP contribution in [-0.2, 0) is 16.1 Å². The summed E-state index contributed by atoms with van der Waals surface area (Å²) in [5.41, 5.74) is 5.10. The number of carbonyl (C=O) groups is 2. The summed E-state index contributed by atoms with van der Waals surface area (Å²) in [4.78, 5) is 33.0. The molecule has 0 aromatic heterocycles. The molecule has 5 rings (SSSR count). The van der Waals surface area contributed by atoms with Gasteiger partial charge in [-0.25, -0.2) is 0 Å². The Morgan fingerprint density at radius 3 is 1.88 bits per heavy atom. The molecule has 33 heavy (non-hydrogen) atoms. The molecule has 0 N–H and O–H groups in total. The van der Waals surface area contributed by atoms with Crippen molar-refractivity contribution in [3.63, 3.8) is 0 Å². The van der Waals surface area contributed by atoms with Crippen LogP contribution < -0.4 is 4.90 Å². The molecule has 2 amide bonds. The second-order valence-corrected chi connectivity index (χ2v) is 8.58. The van der Waals surface area contributed by atoms with Crippen LogP contribution in [0.5, 0.6) is 0 Å².